The summed E-state index contributed by atoms with van der Waals surface area (Å²) in [7, 11) is 0. The highest BCUT2D eigenvalue weighted by Crippen LogP contribution is 2.18. The van der Waals surface area contributed by atoms with E-state index in [1.54, 1.807) is 18.2 Å². The van der Waals surface area contributed by atoms with Crippen molar-refractivity contribution >= 4 is 23.3 Å². The number of amides is 1. The average Bonchev–Trinajstić information content (AvgIpc) is 2.66. The highest BCUT2D eigenvalue weighted by atomic mass is 16.6. The molecule has 1 N–H and O–H groups in total. The molecule has 0 aliphatic rings. The van der Waals surface area contributed by atoms with Crippen LogP contribution in [-0.2, 0) is 9.53 Å². The largest absolute Gasteiger partial charge is 0.490 e. The van der Waals surface area contributed by atoms with E-state index in [9.17, 15) is 19.7 Å². The third-order valence-electron chi connectivity index (χ3n) is 3.44. The maximum Gasteiger partial charge on any atom is 0.338 e. The van der Waals surface area contributed by atoms with Crippen molar-refractivity contribution < 1.29 is 24.0 Å². The van der Waals surface area contributed by atoms with Crippen molar-refractivity contribution in [1.29, 1.82) is 0 Å². The second-order valence-electron chi connectivity index (χ2n) is 5.47. The molecule has 0 aromatic heterocycles. The van der Waals surface area contributed by atoms with Crippen molar-refractivity contribution in [3.05, 3.63) is 76.9 Å². The standard InChI is InChI=1S/C19H18N2O6/c1-3-11-26-17-9-7-14(8-10-17)19(23)27-13(2)18(22)20-15-5-4-6-16(12-15)21(24)25/h3-10,12-13H,1,11H2,2H3,(H,20,22). The topological polar surface area (TPSA) is 108 Å². The number of nitro groups is 1. The third kappa shape index (κ3) is 5.67. The number of esters is 1. The second kappa shape index (κ2) is 9.14. The lowest BCUT2D eigenvalue weighted by Crippen LogP contribution is -2.30. The minimum atomic E-state index is -1.09. The number of hydrogen-bond donors (Lipinski definition) is 1. The first kappa shape index (κ1) is 19.6. The van der Waals surface area contributed by atoms with E-state index >= 15 is 0 Å². The molecule has 140 valence electrons. The fourth-order valence-corrected chi connectivity index (χ4v) is 2.07. The van der Waals surface area contributed by atoms with Gasteiger partial charge in [0.1, 0.15) is 12.4 Å². The lowest BCUT2D eigenvalue weighted by molar-refractivity contribution is -0.384. The summed E-state index contributed by atoms with van der Waals surface area (Å²) in [6, 6.07) is 11.7. The van der Waals surface area contributed by atoms with E-state index in [0.717, 1.165) is 0 Å². The molecule has 1 amide bonds. The van der Waals surface area contributed by atoms with Gasteiger partial charge in [0.2, 0.25) is 0 Å². The second-order valence-corrected chi connectivity index (χ2v) is 5.47. The molecule has 1 atom stereocenters. The van der Waals surface area contributed by atoms with Gasteiger partial charge in [-0.2, -0.15) is 0 Å². The molecular weight excluding hydrogens is 352 g/mol. The van der Waals surface area contributed by atoms with E-state index in [2.05, 4.69) is 11.9 Å². The van der Waals surface area contributed by atoms with Gasteiger partial charge in [0.15, 0.2) is 6.10 Å². The smallest absolute Gasteiger partial charge is 0.338 e. The predicted molar refractivity (Wildman–Crippen MR) is 98.7 cm³/mol. The molecule has 27 heavy (non-hydrogen) atoms. The van der Waals surface area contributed by atoms with Crippen molar-refractivity contribution in [2.45, 2.75) is 13.0 Å². The van der Waals surface area contributed by atoms with Crippen molar-refractivity contribution in [2.75, 3.05) is 11.9 Å². The van der Waals surface area contributed by atoms with Crippen LogP contribution in [0.1, 0.15) is 17.3 Å². The van der Waals surface area contributed by atoms with Gasteiger partial charge < -0.3 is 14.8 Å². The van der Waals surface area contributed by atoms with Gasteiger partial charge in [0.25, 0.3) is 11.6 Å². The summed E-state index contributed by atoms with van der Waals surface area (Å²) in [4.78, 5) is 34.5. The van der Waals surface area contributed by atoms with Crippen molar-refractivity contribution in [1.82, 2.24) is 0 Å². The summed E-state index contributed by atoms with van der Waals surface area (Å²) in [5, 5.41) is 13.2. The highest BCUT2D eigenvalue weighted by molar-refractivity contribution is 5.97. The van der Waals surface area contributed by atoms with Crippen LogP contribution in [-0.4, -0.2) is 29.5 Å². The minimum absolute atomic E-state index is 0.156. The van der Waals surface area contributed by atoms with Crippen LogP contribution in [0, 0.1) is 10.1 Å². The molecule has 0 heterocycles. The molecule has 0 bridgehead atoms. The van der Waals surface area contributed by atoms with Crippen LogP contribution in [0.15, 0.2) is 61.2 Å². The van der Waals surface area contributed by atoms with Crippen molar-refractivity contribution in [3.63, 3.8) is 0 Å². The van der Waals surface area contributed by atoms with E-state index < -0.39 is 22.9 Å². The Kier molecular flexibility index (Phi) is 6.65. The predicted octanol–water partition coefficient (Wildman–Crippen LogP) is 3.34. The molecule has 0 radical (unpaired) electrons. The fraction of sp³-hybridized carbons (Fsp3) is 0.158. The Morgan fingerprint density at radius 3 is 2.59 bits per heavy atom. The zero-order valence-corrected chi connectivity index (χ0v) is 14.6. The monoisotopic (exact) mass is 370 g/mol. The number of non-ortho nitro benzene ring substituents is 1. The number of anilines is 1. The number of nitro benzene ring substituents is 1. The number of nitrogens with one attached hydrogen (secondary N) is 1. The Hall–Kier alpha value is -3.68. The highest BCUT2D eigenvalue weighted by Gasteiger charge is 2.19. The molecule has 0 spiro atoms. The molecular formula is C19H18N2O6. The first-order chi connectivity index (χ1) is 12.9. The lowest BCUT2D eigenvalue weighted by Gasteiger charge is -2.13. The van der Waals surface area contributed by atoms with E-state index in [4.69, 9.17) is 9.47 Å². The zero-order chi connectivity index (χ0) is 19.8. The molecule has 2 aromatic rings. The number of rotatable bonds is 8. The molecule has 0 saturated carbocycles. The van der Waals surface area contributed by atoms with E-state index in [0.29, 0.717) is 12.4 Å². The van der Waals surface area contributed by atoms with Crippen molar-refractivity contribution in [2.24, 2.45) is 0 Å². The minimum Gasteiger partial charge on any atom is -0.490 e. The van der Waals surface area contributed by atoms with Crippen LogP contribution >= 0.6 is 0 Å². The fourth-order valence-electron chi connectivity index (χ4n) is 2.07. The lowest BCUT2D eigenvalue weighted by atomic mass is 10.2. The number of carbonyl (C=O) groups excluding carboxylic acids is 2. The number of hydrogen-bond acceptors (Lipinski definition) is 6. The molecule has 0 saturated heterocycles. The van der Waals surface area contributed by atoms with E-state index in [-0.39, 0.29) is 16.9 Å². The summed E-state index contributed by atoms with van der Waals surface area (Å²) in [5.74, 6) is -0.704. The van der Waals surface area contributed by atoms with Crippen molar-refractivity contribution in [3.8, 4) is 5.75 Å². The summed E-state index contributed by atoms with van der Waals surface area (Å²) in [5.41, 5.74) is 0.341. The molecule has 0 fully saturated rings. The Morgan fingerprint density at radius 2 is 1.96 bits per heavy atom. The van der Waals surface area contributed by atoms with Gasteiger partial charge in [0.05, 0.1) is 10.5 Å². The first-order valence-electron chi connectivity index (χ1n) is 8.00. The molecule has 8 nitrogen and oxygen atoms in total. The summed E-state index contributed by atoms with van der Waals surface area (Å²) < 4.78 is 10.4. The molecule has 2 aromatic carbocycles. The van der Waals surface area contributed by atoms with Crippen LogP contribution < -0.4 is 10.1 Å². The van der Waals surface area contributed by atoms with Gasteiger partial charge in [-0.3, -0.25) is 14.9 Å². The van der Waals surface area contributed by atoms with Gasteiger partial charge >= 0.3 is 5.97 Å². The molecule has 8 heteroatoms. The zero-order valence-electron chi connectivity index (χ0n) is 14.6. The number of carbonyl (C=O) groups is 2. The normalized spacial score (nSPS) is 11.1. The number of benzene rings is 2. The van der Waals surface area contributed by atoms with Gasteiger partial charge in [-0.05, 0) is 37.3 Å². The SMILES string of the molecule is C=CCOc1ccc(C(=O)OC(C)C(=O)Nc2cccc([N+](=O)[O-])c2)cc1. The van der Waals surface area contributed by atoms with Crippen LogP contribution in [0.3, 0.4) is 0 Å². The van der Waals surface area contributed by atoms with Gasteiger partial charge in [0, 0.05) is 17.8 Å². The Labute approximate surface area is 155 Å². The Balaban J connectivity index is 1.95. The van der Waals surface area contributed by atoms with Crippen LogP contribution in [0.5, 0.6) is 5.75 Å². The van der Waals surface area contributed by atoms with Gasteiger partial charge in [-0.1, -0.05) is 18.7 Å². The first-order valence-corrected chi connectivity index (χ1v) is 8.00. The molecule has 2 rings (SSSR count). The maximum absolute atomic E-state index is 12.1. The third-order valence-corrected chi connectivity index (χ3v) is 3.44. The van der Waals surface area contributed by atoms with Crippen LogP contribution in [0.4, 0.5) is 11.4 Å². The van der Waals surface area contributed by atoms with Crippen LogP contribution in [0.2, 0.25) is 0 Å². The number of nitrogens with zero attached hydrogens (tertiary/aromatic N) is 1. The van der Waals surface area contributed by atoms with Crippen LogP contribution in [0.25, 0.3) is 0 Å². The quantitative estimate of drug-likeness (QED) is 0.330. The maximum atomic E-state index is 12.1. The Morgan fingerprint density at radius 1 is 1.26 bits per heavy atom. The molecule has 0 aliphatic carbocycles. The average molecular weight is 370 g/mol. The summed E-state index contributed by atoms with van der Waals surface area (Å²) in [6.45, 7) is 5.30. The molecule has 0 aliphatic heterocycles. The number of ether oxygens (including phenoxy) is 2. The Bertz CT molecular complexity index is 848. The molecule has 1 unspecified atom stereocenters. The summed E-state index contributed by atoms with van der Waals surface area (Å²) in [6.07, 6.45) is 0.512. The van der Waals surface area contributed by atoms with E-state index in [1.807, 2.05) is 0 Å². The van der Waals surface area contributed by atoms with E-state index in [1.165, 1.54) is 43.3 Å². The summed E-state index contributed by atoms with van der Waals surface area (Å²) >= 11 is 0. The van der Waals surface area contributed by atoms with Gasteiger partial charge in [-0.25, -0.2) is 4.79 Å². The van der Waals surface area contributed by atoms with Gasteiger partial charge in [-0.15, -0.1) is 0 Å².